The minimum Gasteiger partial charge on any atom is -0.404 e. The van der Waals surface area contributed by atoms with Crippen LogP contribution in [0.3, 0.4) is 0 Å². The highest BCUT2D eigenvalue weighted by Crippen LogP contribution is 2.26. The van der Waals surface area contributed by atoms with Crippen molar-refractivity contribution in [3.05, 3.63) is 89.1 Å². The summed E-state index contributed by atoms with van der Waals surface area (Å²) >= 11 is 0. The zero-order valence-corrected chi connectivity index (χ0v) is 16.3. The van der Waals surface area contributed by atoms with Crippen LogP contribution in [0.4, 0.5) is 0 Å². The highest BCUT2D eigenvalue weighted by Gasteiger charge is 2.18. The second-order valence-electron chi connectivity index (χ2n) is 6.87. The topological polar surface area (TPSA) is 44.1 Å². The van der Waals surface area contributed by atoms with Gasteiger partial charge < -0.3 is 4.74 Å². The van der Waals surface area contributed by atoms with Gasteiger partial charge in [-0.05, 0) is 54.3 Å². The number of rotatable bonds is 4. The molecular weight excluding hydrogens is 348 g/mol. The van der Waals surface area contributed by atoms with Crippen molar-refractivity contribution in [2.24, 2.45) is 0 Å². The van der Waals surface area contributed by atoms with Gasteiger partial charge in [0.1, 0.15) is 0 Å². The molecule has 1 aromatic heterocycles. The quantitative estimate of drug-likeness (QED) is 0.450. The zero-order chi connectivity index (χ0) is 19.7. The first-order chi connectivity index (χ1) is 13.6. The Kier molecular flexibility index (Phi) is 4.70. The van der Waals surface area contributed by atoms with Gasteiger partial charge in [-0.3, -0.25) is 0 Å². The fraction of sp³-hybridized carbons (Fsp3) is 0.167. The lowest BCUT2D eigenvalue weighted by Crippen LogP contribution is -2.13. The third-order valence-electron chi connectivity index (χ3n) is 5.10. The molecule has 0 atom stereocenters. The van der Waals surface area contributed by atoms with Crippen LogP contribution in [0.25, 0.3) is 16.5 Å². The van der Waals surface area contributed by atoms with E-state index in [2.05, 4.69) is 18.1 Å². The molecule has 0 bridgehead atoms. The number of hydrogen-bond donors (Lipinski definition) is 0. The van der Waals surface area contributed by atoms with E-state index < -0.39 is 0 Å². The van der Waals surface area contributed by atoms with Crippen molar-refractivity contribution in [2.75, 3.05) is 0 Å². The number of fused-ring (bicyclic) bond motifs is 1. The first-order valence-electron chi connectivity index (χ1n) is 9.44. The fourth-order valence-electron chi connectivity index (χ4n) is 3.35. The molecule has 0 N–H and O–H groups in total. The Bertz CT molecular complexity index is 1170. The molecule has 28 heavy (non-hydrogen) atoms. The second-order valence-corrected chi connectivity index (χ2v) is 6.87. The van der Waals surface area contributed by atoms with Gasteiger partial charge >= 0.3 is 5.97 Å². The van der Waals surface area contributed by atoms with Crippen molar-refractivity contribution in [1.29, 1.82) is 0 Å². The smallest absolute Gasteiger partial charge is 0.345 e. The lowest BCUT2D eigenvalue weighted by molar-refractivity contribution is 0.0725. The van der Waals surface area contributed by atoms with Gasteiger partial charge in [0.25, 0.3) is 0 Å². The van der Waals surface area contributed by atoms with Crippen molar-refractivity contribution >= 4 is 16.7 Å². The molecule has 0 spiro atoms. The number of aromatic nitrogens is 2. The highest BCUT2D eigenvalue weighted by molar-refractivity contribution is 6.05. The lowest BCUT2D eigenvalue weighted by atomic mass is 10.1. The van der Waals surface area contributed by atoms with Crippen LogP contribution < -0.4 is 4.74 Å². The monoisotopic (exact) mass is 370 g/mol. The van der Waals surface area contributed by atoms with E-state index >= 15 is 0 Å². The predicted molar refractivity (Wildman–Crippen MR) is 111 cm³/mol. The summed E-state index contributed by atoms with van der Waals surface area (Å²) in [6.45, 7) is 6.14. The van der Waals surface area contributed by atoms with Crippen LogP contribution in [0.2, 0.25) is 0 Å². The average molecular weight is 370 g/mol. The van der Waals surface area contributed by atoms with Gasteiger partial charge in [-0.1, -0.05) is 55.5 Å². The van der Waals surface area contributed by atoms with Gasteiger partial charge in [-0.15, -0.1) is 0 Å². The molecule has 3 aromatic carbocycles. The number of carbonyl (C=O) groups excluding carboxylic acids is 1. The second kappa shape index (κ2) is 7.31. The third-order valence-corrected chi connectivity index (χ3v) is 5.10. The van der Waals surface area contributed by atoms with Crippen LogP contribution in [0, 0.1) is 13.8 Å². The van der Waals surface area contributed by atoms with Crippen LogP contribution in [0.5, 0.6) is 5.88 Å². The Hall–Kier alpha value is -3.40. The summed E-state index contributed by atoms with van der Waals surface area (Å²) in [5, 5.41) is 6.54. The van der Waals surface area contributed by atoms with Crippen molar-refractivity contribution in [3.63, 3.8) is 0 Å². The Balaban J connectivity index is 1.77. The van der Waals surface area contributed by atoms with Crippen molar-refractivity contribution < 1.29 is 9.53 Å². The summed E-state index contributed by atoms with van der Waals surface area (Å²) in [6, 6.07) is 21.3. The number of benzene rings is 3. The largest absolute Gasteiger partial charge is 0.404 e. The maximum Gasteiger partial charge on any atom is 0.345 e. The Morgan fingerprint density at radius 2 is 1.75 bits per heavy atom. The Morgan fingerprint density at radius 1 is 1.00 bits per heavy atom. The summed E-state index contributed by atoms with van der Waals surface area (Å²) in [5.74, 6) is 0.0504. The summed E-state index contributed by atoms with van der Waals surface area (Å²) in [5.41, 5.74) is 4.61. The summed E-state index contributed by atoms with van der Waals surface area (Å²) < 4.78 is 7.56. The minimum atomic E-state index is -0.383. The van der Waals surface area contributed by atoms with Crippen LogP contribution in [-0.4, -0.2) is 15.7 Å². The van der Waals surface area contributed by atoms with E-state index in [0.29, 0.717) is 11.4 Å². The molecule has 4 nitrogen and oxygen atoms in total. The van der Waals surface area contributed by atoms with Crippen molar-refractivity contribution in [2.45, 2.75) is 27.2 Å². The van der Waals surface area contributed by atoms with Gasteiger partial charge in [0.05, 0.1) is 16.9 Å². The Labute approximate surface area is 164 Å². The number of hydrogen-bond acceptors (Lipinski definition) is 3. The zero-order valence-electron chi connectivity index (χ0n) is 16.3. The Morgan fingerprint density at radius 3 is 2.57 bits per heavy atom. The lowest BCUT2D eigenvalue weighted by Gasteiger charge is -2.12. The first-order valence-corrected chi connectivity index (χ1v) is 9.44. The molecule has 0 aliphatic carbocycles. The number of nitrogens with zero attached hydrogens (tertiary/aromatic N) is 2. The molecule has 0 aliphatic rings. The normalized spacial score (nSPS) is 11.0. The van der Waals surface area contributed by atoms with Crippen LogP contribution in [0.15, 0.2) is 66.7 Å². The molecule has 0 saturated carbocycles. The van der Waals surface area contributed by atoms with Crippen LogP contribution in [0.1, 0.15) is 34.1 Å². The van der Waals surface area contributed by atoms with Gasteiger partial charge in [0.2, 0.25) is 5.88 Å². The predicted octanol–water partition coefficient (Wildman–Crippen LogP) is 5.42. The number of aryl methyl sites for hydroxylation is 2. The maximum absolute atomic E-state index is 13.0. The number of esters is 1. The molecule has 0 unspecified atom stereocenters. The van der Waals surface area contributed by atoms with Crippen LogP contribution in [-0.2, 0) is 6.42 Å². The average Bonchev–Trinajstić information content (AvgIpc) is 3.12. The summed E-state index contributed by atoms with van der Waals surface area (Å²) in [4.78, 5) is 13.0. The molecule has 0 aliphatic heterocycles. The van der Waals surface area contributed by atoms with E-state index in [-0.39, 0.29) is 5.97 Å². The fourth-order valence-corrected chi connectivity index (χ4v) is 3.35. The van der Waals surface area contributed by atoms with E-state index in [0.717, 1.165) is 39.7 Å². The van der Waals surface area contributed by atoms with Crippen molar-refractivity contribution in [3.8, 4) is 11.6 Å². The van der Waals surface area contributed by atoms with E-state index in [1.165, 1.54) is 0 Å². The van der Waals surface area contributed by atoms with Gasteiger partial charge in [0.15, 0.2) is 0 Å². The van der Waals surface area contributed by atoms with E-state index in [4.69, 9.17) is 4.74 Å². The molecule has 4 rings (SSSR count). The summed E-state index contributed by atoms with van der Waals surface area (Å²) in [6.07, 6.45) is 0.761. The molecule has 4 heteroatoms. The first kappa shape index (κ1) is 18.0. The van der Waals surface area contributed by atoms with E-state index in [1.807, 2.05) is 68.4 Å². The SMILES string of the molecule is CCc1cc(OC(=O)c2cccc3ccccc23)n(-c2cccc(C)c2C)n1. The van der Waals surface area contributed by atoms with Crippen LogP contribution >= 0.6 is 0 Å². The third kappa shape index (κ3) is 3.18. The molecule has 4 aromatic rings. The molecule has 1 heterocycles. The summed E-state index contributed by atoms with van der Waals surface area (Å²) in [7, 11) is 0. The minimum absolute atomic E-state index is 0.383. The molecular formula is C24H22N2O2. The highest BCUT2D eigenvalue weighted by atomic mass is 16.5. The van der Waals surface area contributed by atoms with E-state index in [1.54, 1.807) is 10.7 Å². The van der Waals surface area contributed by atoms with Gasteiger partial charge in [0, 0.05) is 6.07 Å². The number of ether oxygens (including phenoxy) is 1. The maximum atomic E-state index is 13.0. The standard InChI is InChI=1S/C24H22N2O2/c1-4-19-15-23(26(25-19)22-14-7-9-16(2)17(22)3)28-24(27)21-13-8-11-18-10-5-6-12-20(18)21/h5-15H,4H2,1-3H3. The van der Waals surface area contributed by atoms with Gasteiger partial charge in [-0.25, -0.2) is 9.48 Å². The number of carbonyl (C=O) groups is 1. The van der Waals surface area contributed by atoms with Gasteiger partial charge in [-0.2, -0.15) is 5.10 Å². The van der Waals surface area contributed by atoms with E-state index in [9.17, 15) is 4.79 Å². The molecule has 0 fully saturated rings. The molecule has 0 saturated heterocycles. The molecule has 0 radical (unpaired) electrons. The van der Waals surface area contributed by atoms with Crippen molar-refractivity contribution in [1.82, 2.24) is 9.78 Å². The molecule has 0 amide bonds. The molecule has 140 valence electrons.